The highest BCUT2D eigenvalue weighted by molar-refractivity contribution is 6.04. The van der Waals surface area contributed by atoms with E-state index in [9.17, 15) is 14.4 Å². The van der Waals surface area contributed by atoms with Crippen LogP contribution in [0.5, 0.6) is 0 Å². The normalized spacial score (nSPS) is 24.2. The largest absolute Gasteiger partial charge is 0.465 e. The van der Waals surface area contributed by atoms with Crippen LogP contribution in [-0.4, -0.2) is 24.1 Å². The van der Waals surface area contributed by atoms with E-state index in [4.69, 9.17) is 4.74 Å². The molecule has 1 aliphatic carbocycles. The Hall–Kier alpha value is -1.45. The molecule has 0 bridgehead atoms. The third-order valence-electron chi connectivity index (χ3n) is 3.28. The first-order valence-electron chi connectivity index (χ1n) is 6.40. The minimum Gasteiger partial charge on any atom is -0.465 e. The molecule has 0 heterocycles. The first kappa shape index (κ1) is 14.6. The van der Waals surface area contributed by atoms with E-state index in [0.29, 0.717) is 12.8 Å². The second-order valence-electron chi connectivity index (χ2n) is 4.65. The predicted molar refractivity (Wildman–Crippen MR) is 67.0 cm³/mol. The zero-order valence-corrected chi connectivity index (χ0v) is 11.0. The van der Waals surface area contributed by atoms with Gasteiger partial charge in [-0.1, -0.05) is 12.5 Å². The summed E-state index contributed by atoms with van der Waals surface area (Å²) in [6.07, 6.45) is 5.91. The molecule has 1 rings (SSSR count). The Morgan fingerprint density at radius 3 is 2.67 bits per heavy atom. The van der Waals surface area contributed by atoms with Crippen molar-refractivity contribution in [2.24, 2.45) is 5.41 Å². The molecule has 0 aliphatic heterocycles. The molecule has 1 atom stereocenters. The lowest BCUT2D eigenvalue weighted by Crippen LogP contribution is -2.42. The number of hydrogen-bond acceptors (Lipinski definition) is 4. The zero-order chi connectivity index (χ0) is 13.6. The summed E-state index contributed by atoms with van der Waals surface area (Å²) in [7, 11) is 0. The van der Waals surface area contributed by atoms with Crippen LogP contribution in [0.15, 0.2) is 12.2 Å². The van der Waals surface area contributed by atoms with Crippen molar-refractivity contribution in [2.75, 3.05) is 6.61 Å². The molecule has 0 saturated heterocycles. The first-order chi connectivity index (χ1) is 8.53. The number of allylic oxidation sites excluding steroid dienone is 2. The summed E-state index contributed by atoms with van der Waals surface area (Å²) in [6.45, 7) is 3.44. The van der Waals surface area contributed by atoms with Gasteiger partial charge in [-0.15, -0.1) is 0 Å². The molecule has 1 fully saturated rings. The van der Waals surface area contributed by atoms with Crippen molar-refractivity contribution in [1.29, 1.82) is 0 Å². The van der Waals surface area contributed by atoms with Crippen molar-refractivity contribution in [3.63, 3.8) is 0 Å². The lowest BCUT2D eigenvalue weighted by molar-refractivity contribution is -0.162. The van der Waals surface area contributed by atoms with Gasteiger partial charge in [0.2, 0.25) is 0 Å². The van der Waals surface area contributed by atoms with Crippen LogP contribution in [0.25, 0.3) is 0 Å². The Kier molecular flexibility index (Phi) is 5.25. The van der Waals surface area contributed by atoms with Gasteiger partial charge in [0.25, 0.3) is 0 Å². The minimum absolute atomic E-state index is 0.0552. The Morgan fingerprint density at radius 1 is 1.39 bits per heavy atom. The molecule has 1 aliphatic rings. The van der Waals surface area contributed by atoms with Crippen LogP contribution in [-0.2, 0) is 19.1 Å². The topological polar surface area (TPSA) is 60.4 Å². The highest BCUT2D eigenvalue weighted by Gasteiger charge is 2.46. The molecule has 0 N–H and O–H groups in total. The lowest BCUT2D eigenvalue weighted by Gasteiger charge is -2.32. The van der Waals surface area contributed by atoms with Crippen LogP contribution >= 0.6 is 0 Å². The summed E-state index contributed by atoms with van der Waals surface area (Å²) < 4.78 is 5.03. The maximum atomic E-state index is 12.1. The van der Waals surface area contributed by atoms with Gasteiger partial charge in [-0.2, -0.15) is 0 Å². The summed E-state index contributed by atoms with van der Waals surface area (Å²) in [5, 5.41) is 0. The van der Waals surface area contributed by atoms with Gasteiger partial charge in [0, 0.05) is 6.42 Å². The van der Waals surface area contributed by atoms with Crippen molar-refractivity contribution in [2.45, 2.75) is 46.0 Å². The number of esters is 1. The highest BCUT2D eigenvalue weighted by Crippen LogP contribution is 2.38. The summed E-state index contributed by atoms with van der Waals surface area (Å²) in [4.78, 5) is 35.0. The summed E-state index contributed by atoms with van der Waals surface area (Å²) in [6, 6.07) is 0. The Bertz CT molecular complexity index is 370. The summed E-state index contributed by atoms with van der Waals surface area (Å²) in [5.74, 6) is -0.583. The quantitative estimate of drug-likeness (QED) is 0.427. The molecule has 4 heteroatoms. The second kappa shape index (κ2) is 6.47. The molecule has 4 nitrogen and oxygen atoms in total. The number of ether oxygens (including phenoxy) is 1. The van der Waals surface area contributed by atoms with E-state index in [1.807, 2.05) is 0 Å². The fourth-order valence-corrected chi connectivity index (χ4v) is 2.30. The van der Waals surface area contributed by atoms with Crippen LogP contribution in [0, 0.1) is 5.41 Å². The summed E-state index contributed by atoms with van der Waals surface area (Å²) >= 11 is 0. The van der Waals surface area contributed by atoms with Crippen LogP contribution < -0.4 is 0 Å². The Morgan fingerprint density at radius 2 is 2.11 bits per heavy atom. The van der Waals surface area contributed by atoms with Crippen LogP contribution in [0.1, 0.15) is 46.0 Å². The molecule has 1 unspecified atom stereocenters. The average Bonchev–Trinajstić information content (AvgIpc) is 2.31. The monoisotopic (exact) mass is 252 g/mol. The van der Waals surface area contributed by atoms with E-state index < -0.39 is 11.4 Å². The van der Waals surface area contributed by atoms with Crippen LogP contribution in [0.2, 0.25) is 0 Å². The van der Waals surface area contributed by atoms with Gasteiger partial charge in [-0.3, -0.25) is 14.4 Å². The van der Waals surface area contributed by atoms with Gasteiger partial charge in [0.05, 0.1) is 6.61 Å². The fourth-order valence-electron chi connectivity index (χ4n) is 2.30. The Balaban J connectivity index is 2.89. The molecule has 0 amide bonds. The molecule has 0 aromatic carbocycles. The maximum Gasteiger partial charge on any atom is 0.319 e. The van der Waals surface area contributed by atoms with Crippen molar-refractivity contribution in [3.8, 4) is 0 Å². The maximum absolute atomic E-state index is 12.1. The van der Waals surface area contributed by atoms with Crippen molar-refractivity contribution in [1.82, 2.24) is 0 Å². The van der Waals surface area contributed by atoms with Gasteiger partial charge in [-0.05, 0) is 39.2 Å². The molecular weight excluding hydrogens is 232 g/mol. The van der Waals surface area contributed by atoms with Gasteiger partial charge in [0.1, 0.15) is 11.2 Å². The molecule has 0 spiro atoms. The number of carbonyl (C=O) groups excluding carboxylic acids is 3. The minimum atomic E-state index is -1.06. The van der Waals surface area contributed by atoms with Gasteiger partial charge >= 0.3 is 5.97 Å². The average molecular weight is 252 g/mol. The molecule has 0 radical (unpaired) electrons. The van der Waals surface area contributed by atoms with Crippen molar-refractivity contribution >= 4 is 17.5 Å². The second-order valence-corrected chi connectivity index (χ2v) is 4.65. The third-order valence-corrected chi connectivity index (χ3v) is 3.28. The number of hydrogen-bond donors (Lipinski definition) is 0. The molecule has 0 aromatic rings. The standard InChI is InChI=1S/C14H20O4/c1-3-18-13(17)14(10-6-7-11(2)15)9-5-4-8-12(14)16/h6-7H,3-5,8-10H2,1-2H3/b7-6+. The number of carbonyl (C=O) groups is 3. The van der Waals surface area contributed by atoms with Crippen molar-refractivity contribution < 1.29 is 19.1 Å². The zero-order valence-electron chi connectivity index (χ0n) is 11.0. The van der Waals surface area contributed by atoms with E-state index in [-0.39, 0.29) is 24.6 Å². The number of ketones is 2. The van der Waals surface area contributed by atoms with Crippen molar-refractivity contribution in [3.05, 3.63) is 12.2 Å². The Labute approximate surface area is 107 Å². The molecule has 0 aromatic heterocycles. The fraction of sp³-hybridized carbons (Fsp3) is 0.643. The van der Waals surface area contributed by atoms with E-state index in [2.05, 4.69) is 0 Å². The summed E-state index contributed by atoms with van der Waals surface area (Å²) in [5.41, 5.74) is -1.06. The smallest absolute Gasteiger partial charge is 0.319 e. The lowest BCUT2D eigenvalue weighted by atomic mass is 9.70. The molecular formula is C14H20O4. The predicted octanol–water partition coefficient (Wildman–Crippen LogP) is 2.21. The van der Waals surface area contributed by atoms with E-state index >= 15 is 0 Å². The van der Waals surface area contributed by atoms with Crippen LogP contribution in [0.4, 0.5) is 0 Å². The van der Waals surface area contributed by atoms with E-state index in [1.165, 1.54) is 13.0 Å². The first-order valence-corrected chi connectivity index (χ1v) is 6.40. The molecule has 100 valence electrons. The van der Waals surface area contributed by atoms with E-state index in [1.54, 1.807) is 13.0 Å². The molecule has 18 heavy (non-hydrogen) atoms. The van der Waals surface area contributed by atoms with Gasteiger partial charge in [-0.25, -0.2) is 0 Å². The van der Waals surface area contributed by atoms with Gasteiger partial charge < -0.3 is 4.74 Å². The molecule has 1 saturated carbocycles. The number of Topliss-reactive ketones (excluding diaryl/α,β-unsaturated/α-hetero) is 1. The third kappa shape index (κ3) is 3.28. The van der Waals surface area contributed by atoms with Crippen LogP contribution in [0.3, 0.4) is 0 Å². The SMILES string of the molecule is CCOC(=O)C1(C/C=C/C(C)=O)CCCCC1=O. The highest BCUT2D eigenvalue weighted by atomic mass is 16.5. The van der Waals surface area contributed by atoms with Gasteiger partial charge in [0.15, 0.2) is 5.78 Å². The van der Waals surface area contributed by atoms with E-state index in [0.717, 1.165) is 12.8 Å². The number of rotatable bonds is 5.